The Morgan fingerprint density at radius 2 is 1.75 bits per heavy atom. The van der Waals surface area contributed by atoms with Gasteiger partial charge in [-0.1, -0.05) is 10.2 Å². The highest BCUT2D eigenvalue weighted by atomic mass is 16.6. The topological polar surface area (TPSA) is 135 Å². The Balaban J connectivity index is 1.72. The standard InChI is InChI=1S/C13H17N5O6/c19-5-6-22-7-8-23-9-10-24-13-14-16-17(15-13)11-1-3-12(4-2-11)18(20)21/h1-4,19H,5-10H2. The Morgan fingerprint density at radius 1 is 1.08 bits per heavy atom. The molecule has 0 radical (unpaired) electrons. The first-order valence-electron chi connectivity index (χ1n) is 7.14. The molecule has 1 N–H and O–H groups in total. The van der Waals surface area contributed by atoms with Gasteiger partial charge in [-0.25, -0.2) is 0 Å². The number of aliphatic hydroxyl groups excluding tert-OH is 1. The first kappa shape index (κ1) is 17.7. The van der Waals surface area contributed by atoms with Gasteiger partial charge in [0.2, 0.25) is 0 Å². The molecule has 0 aliphatic rings. The molecule has 24 heavy (non-hydrogen) atoms. The fraction of sp³-hybridized carbons (Fsp3) is 0.462. The fourth-order valence-corrected chi connectivity index (χ4v) is 1.65. The first-order chi connectivity index (χ1) is 11.7. The Bertz CT molecular complexity index is 632. The van der Waals surface area contributed by atoms with Crippen molar-refractivity contribution in [2.75, 3.05) is 39.6 Å². The van der Waals surface area contributed by atoms with E-state index in [1.54, 1.807) is 0 Å². The minimum absolute atomic E-state index is 0.0147. The molecule has 2 aromatic rings. The molecule has 0 saturated heterocycles. The Morgan fingerprint density at radius 3 is 2.42 bits per heavy atom. The number of tetrazole rings is 1. The smallest absolute Gasteiger partial charge is 0.356 e. The average Bonchev–Trinajstić information content (AvgIpc) is 3.06. The molecule has 0 fully saturated rings. The van der Waals surface area contributed by atoms with E-state index in [1.807, 2.05) is 0 Å². The van der Waals surface area contributed by atoms with E-state index in [0.29, 0.717) is 25.5 Å². The number of rotatable bonds is 11. The van der Waals surface area contributed by atoms with Crippen LogP contribution in [-0.4, -0.2) is 69.9 Å². The molecule has 0 aliphatic carbocycles. The van der Waals surface area contributed by atoms with Gasteiger partial charge in [-0.15, -0.1) is 4.80 Å². The molecule has 0 unspecified atom stereocenters. The molecule has 2 rings (SSSR count). The number of aliphatic hydroxyl groups is 1. The Kier molecular flexibility index (Phi) is 7.01. The molecule has 11 nitrogen and oxygen atoms in total. The van der Waals surface area contributed by atoms with Crippen molar-refractivity contribution >= 4 is 5.69 Å². The molecular weight excluding hydrogens is 322 g/mol. The quantitative estimate of drug-likeness (QED) is 0.340. The number of non-ortho nitro benzene ring substituents is 1. The molecule has 0 atom stereocenters. The largest absolute Gasteiger partial charge is 0.459 e. The third-order valence-electron chi connectivity index (χ3n) is 2.75. The lowest BCUT2D eigenvalue weighted by Gasteiger charge is -2.04. The van der Waals surface area contributed by atoms with Crippen molar-refractivity contribution in [3.63, 3.8) is 0 Å². The van der Waals surface area contributed by atoms with E-state index in [4.69, 9.17) is 19.3 Å². The van der Waals surface area contributed by atoms with Crippen molar-refractivity contribution in [3.8, 4) is 11.7 Å². The zero-order valence-electron chi connectivity index (χ0n) is 12.8. The number of benzene rings is 1. The van der Waals surface area contributed by atoms with Crippen LogP contribution in [0.15, 0.2) is 24.3 Å². The minimum Gasteiger partial charge on any atom is -0.459 e. The number of nitro benzene ring substituents is 1. The van der Waals surface area contributed by atoms with E-state index in [9.17, 15) is 10.1 Å². The lowest BCUT2D eigenvalue weighted by Crippen LogP contribution is -2.12. The summed E-state index contributed by atoms with van der Waals surface area (Å²) in [6.07, 6.45) is 0. The van der Waals surface area contributed by atoms with E-state index in [0.717, 1.165) is 0 Å². The van der Waals surface area contributed by atoms with Crippen LogP contribution >= 0.6 is 0 Å². The van der Waals surface area contributed by atoms with E-state index in [2.05, 4.69) is 15.4 Å². The number of ether oxygens (including phenoxy) is 3. The maximum atomic E-state index is 10.6. The van der Waals surface area contributed by atoms with Crippen molar-refractivity contribution in [2.45, 2.75) is 0 Å². The SMILES string of the molecule is O=[N+]([O-])c1ccc(-n2nnc(OCCOCCOCCO)n2)cc1. The van der Waals surface area contributed by atoms with Crippen LogP contribution in [-0.2, 0) is 9.47 Å². The minimum atomic E-state index is -0.484. The fourth-order valence-electron chi connectivity index (χ4n) is 1.65. The second kappa shape index (κ2) is 9.50. The molecule has 0 aliphatic heterocycles. The molecule has 0 amide bonds. The van der Waals surface area contributed by atoms with Gasteiger partial charge < -0.3 is 19.3 Å². The Labute approximate surface area is 136 Å². The van der Waals surface area contributed by atoms with Crippen molar-refractivity contribution in [1.29, 1.82) is 0 Å². The number of hydrogen-bond donors (Lipinski definition) is 1. The van der Waals surface area contributed by atoms with Crippen LogP contribution in [0.4, 0.5) is 5.69 Å². The normalized spacial score (nSPS) is 10.7. The lowest BCUT2D eigenvalue weighted by atomic mass is 10.3. The van der Waals surface area contributed by atoms with Gasteiger partial charge in [-0.05, 0) is 17.3 Å². The summed E-state index contributed by atoms with van der Waals surface area (Å²) in [6, 6.07) is 5.81. The van der Waals surface area contributed by atoms with Crippen molar-refractivity contribution in [1.82, 2.24) is 20.2 Å². The van der Waals surface area contributed by atoms with Crippen LogP contribution in [0.3, 0.4) is 0 Å². The second-order valence-corrected chi connectivity index (χ2v) is 4.43. The summed E-state index contributed by atoms with van der Waals surface area (Å²) in [5, 5.41) is 30.7. The monoisotopic (exact) mass is 339 g/mol. The summed E-state index contributed by atoms with van der Waals surface area (Å²) >= 11 is 0. The molecule has 1 heterocycles. The number of nitro groups is 1. The summed E-state index contributed by atoms with van der Waals surface area (Å²) in [7, 11) is 0. The summed E-state index contributed by atoms with van der Waals surface area (Å²) in [6.45, 7) is 1.64. The van der Waals surface area contributed by atoms with Crippen molar-refractivity contribution < 1.29 is 24.2 Å². The molecule has 1 aromatic carbocycles. The van der Waals surface area contributed by atoms with E-state index >= 15 is 0 Å². The van der Waals surface area contributed by atoms with E-state index < -0.39 is 4.92 Å². The predicted octanol–water partition coefficient (Wildman–Crippen LogP) is -0.0252. The van der Waals surface area contributed by atoms with Crippen LogP contribution in [0.2, 0.25) is 0 Å². The summed E-state index contributed by atoms with van der Waals surface area (Å²) < 4.78 is 15.6. The van der Waals surface area contributed by atoms with Gasteiger partial charge in [0.1, 0.15) is 6.61 Å². The van der Waals surface area contributed by atoms with Gasteiger partial charge in [0, 0.05) is 12.1 Å². The Hall–Kier alpha value is -2.63. The predicted molar refractivity (Wildman–Crippen MR) is 80.0 cm³/mol. The summed E-state index contributed by atoms with van der Waals surface area (Å²) in [5.74, 6) is 0. The molecule has 0 saturated carbocycles. The van der Waals surface area contributed by atoms with Gasteiger partial charge >= 0.3 is 6.01 Å². The third kappa shape index (κ3) is 5.53. The summed E-state index contributed by atoms with van der Waals surface area (Å²) in [5.41, 5.74) is 0.510. The van der Waals surface area contributed by atoms with Crippen LogP contribution in [0.25, 0.3) is 5.69 Å². The van der Waals surface area contributed by atoms with Crippen LogP contribution in [0, 0.1) is 10.1 Å². The lowest BCUT2D eigenvalue weighted by molar-refractivity contribution is -0.384. The highest BCUT2D eigenvalue weighted by Crippen LogP contribution is 2.14. The number of nitrogens with zero attached hydrogens (tertiary/aromatic N) is 5. The molecule has 130 valence electrons. The highest BCUT2D eigenvalue weighted by Gasteiger charge is 2.08. The molecule has 1 aromatic heterocycles. The maximum Gasteiger partial charge on any atom is 0.356 e. The van der Waals surface area contributed by atoms with Gasteiger partial charge in [-0.2, -0.15) is 0 Å². The molecule has 11 heteroatoms. The summed E-state index contributed by atoms with van der Waals surface area (Å²) in [4.78, 5) is 11.3. The number of aromatic nitrogens is 4. The van der Waals surface area contributed by atoms with Crippen molar-refractivity contribution in [2.24, 2.45) is 0 Å². The highest BCUT2D eigenvalue weighted by molar-refractivity contribution is 5.39. The molecular formula is C13H17N5O6. The van der Waals surface area contributed by atoms with Crippen molar-refractivity contribution in [3.05, 3.63) is 34.4 Å². The van der Waals surface area contributed by atoms with Gasteiger partial charge in [0.15, 0.2) is 0 Å². The maximum absolute atomic E-state index is 10.6. The first-order valence-corrected chi connectivity index (χ1v) is 7.14. The molecule has 0 bridgehead atoms. The van der Waals surface area contributed by atoms with Crippen LogP contribution in [0.1, 0.15) is 0 Å². The zero-order chi connectivity index (χ0) is 17.2. The van der Waals surface area contributed by atoms with E-state index in [-0.39, 0.29) is 31.5 Å². The number of hydrogen-bond acceptors (Lipinski definition) is 9. The van der Waals surface area contributed by atoms with Gasteiger partial charge in [0.25, 0.3) is 5.69 Å². The zero-order valence-corrected chi connectivity index (χ0v) is 12.8. The van der Waals surface area contributed by atoms with Gasteiger partial charge in [0.05, 0.1) is 43.6 Å². The van der Waals surface area contributed by atoms with E-state index in [1.165, 1.54) is 29.1 Å². The third-order valence-corrected chi connectivity index (χ3v) is 2.75. The van der Waals surface area contributed by atoms with Crippen LogP contribution in [0.5, 0.6) is 6.01 Å². The van der Waals surface area contributed by atoms with Gasteiger partial charge in [-0.3, -0.25) is 10.1 Å². The van der Waals surface area contributed by atoms with Crippen LogP contribution < -0.4 is 4.74 Å². The second-order valence-electron chi connectivity index (χ2n) is 4.43. The molecule has 0 spiro atoms. The average molecular weight is 339 g/mol.